The Kier molecular flexibility index (Phi) is 6.47. The summed E-state index contributed by atoms with van der Waals surface area (Å²) < 4.78 is 11.5. The number of hydrogen-bond donors (Lipinski definition) is 0. The number of carbonyl (C=O) groups is 1. The largest absolute Gasteiger partial charge is 0.493 e. The fourth-order valence-electron chi connectivity index (χ4n) is 3.80. The first-order valence-corrected chi connectivity index (χ1v) is 11.3. The average molecular weight is 478 g/mol. The molecule has 0 aliphatic carbocycles. The molecule has 0 fully saturated rings. The number of aromatic nitrogens is 1. The first kappa shape index (κ1) is 23.2. The second-order valence-electron chi connectivity index (χ2n) is 7.78. The number of nitro groups is 1. The van der Waals surface area contributed by atoms with Crippen molar-refractivity contribution in [2.45, 2.75) is 20.4 Å². The van der Waals surface area contributed by atoms with Crippen LogP contribution in [0.15, 0.2) is 54.6 Å². The predicted molar refractivity (Wildman–Crippen MR) is 132 cm³/mol. The molecule has 3 aromatic carbocycles. The topological polar surface area (TPSA) is 94.8 Å². The molecule has 34 heavy (non-hydrogen) atoms. The minimum atomic E-state index is -0.595. The van der Waals surface area contributed by atoms with E-state index < -0.39 is 10.8 Å². The van der Waals surface area contributed by atoms with Crippen molar-refractivity contribution >= 4 is 38.3 Å². The molecular weight excluding hydrogens is 454 g/mol. The van der Waals surface area contributed by atoms with Crippen molar-refractivity contribution in [3.63, 3.8) is 0 Å². The molecule has 0 saturated carbocycles. The van der Waals surface area contributed by atoms with Crippen LogP contribution >= 0.6 is 11.3 Å². The summed E-state index contributed by atoms with van der Waals surface area (Å²) in [5, 5.41) is 12.3. The van der Waals surface area contributed by atoms with Crippen LogP contribution in [0.3, 0.4) is 0 Å². The molecule has 0 unspecified atom stereocenters. The smallest absolute Gasteiger partial charge is 0.286 e. The van der Waals surface area contributed by atoms with Crippen LogP contribution in [-0.2, 0) is 6.54 Å². The van der Waals surface area contributed by atoms with Gasteiger partial charge in [-0.05, 0) is 36.6 Å². The molecule has 9 heteroatoms. The lowest BCUT2D eigenvalue weighted by atomic mass is 10.1. The maximum atomic E-state index is 13.9. The number of rotatable bonds is 7. The Morgan fingerprint density at radius 3 is 2.38 bits per heavy atom. The highest BCUT2D eigenvalue weighted by atomic mass is 32.1. The van der Waals surface area contributed by atoms with E-state index in [4.69, 9.17) is 14.5 Å². The van der Waals surface area contributed by atoms with Crippen LogP contribution < -0.4 is 14.4 Å². The number of carbonyl (C=O) groups excluding carboxylic acids is 1. The molecule has 174 valence electrons. The lowest BCUT2D eigenvalue weighted by molar-refractivity contribution is -0.385. The van der Waals surface area contributed by atoms with Crippen molar-refractivity contribution in [2.24, 2.45) is 0 Å². The van der Waals surface area contributed by atoms with E-state index in [1.165, 1.54) is 42.6 Å². The molecule has 0 aliphatic heterocycles. The Morgan fingerprint density at radius 1 is 1.06 bits per heavy atom. The number of hydrogen-bond acceptors (Lipinski definition) is 7. The number of fused-ring (bicyclic) bond motifs is 1. The second-order valence-corrected chi connectivity index (χ2v) is 8.79. The van der Waals surface area contributed by atoms with E-state index in [2.05, 4.69) is 0 Å². The molecule has 0 bridgehead atoms. The summed E-state index contributed by atoms with van der Waals surface area (Å²) in [6, 6.07) is 16.0. The number of anilines is 1. The van der Waals surface area contributed by atoms with Gasteiger partial charge in [-0.15, -0.1) is 0 Å². The molecular formula is C25H23N3O5S. The van der Waals surface area contributed by atoms with E-state index in [1.807, 2.05) is 56.3 Å². The fraction of sp³-hybridized carbons (Fsp3) is 0.200. The maximum absolute atomic E-state index is 13.9. The van der Waals surface area contributed by atoms with E-state index in [9.17, 15) is 14.9 Å². The molecule has 0 aliphatic rings. The number of nitrogens with zero attached hydrogens (tertiary/aromatic N) is 3. The van der Waals surface area contributed by atoms with Crippen LogP contribution in [-0.4, -0.2) is 30.0 Å². The number of aryl methyl sites for hydroxylation is 2. The molecule has 1 heterocycles. The van der Waals surface area contributed by atoms with E-state index in [1.54, 1.807) is 0 Å². The number of nitro benzene ring substituents is 1. The zero-order valence-electron chi connectivity index (χ0n) is 19.2. The second kappa shape index (κ2) is 9.48. The molecule has 4 aromatic rings. The van der Waals surface area contributed by atoms with Crippen molar-refractivity contribution < 1.29 is 19.2 Å². The summed E-state index contributed by atoms with van der Waals surface area (Å²) in [5.41, 5.74) is 3.29. The van der Waals surface area contributed by atoms with Gasteiger partial charge in [-0.25, -0.2) is 4.98 Å². The normalized spacial score (nSPS) is 10.8. The molecule has 1 amide bonds. The van der Waals surface area contributed by atoms with Crippen LogP contribution in [0.4, 0.5) is 10.8 Å². The summed E-state index contributed by atoms with van der Waals surface area (Å²) in [4.78, 5) is 31.3. The first-order chi connectivity index (χ1) is 16.3. The van der Waals surface area contributed by atoms with Crippen LogP contribution in [0.2, 0.25) is 0 Å². The third kappa shape index (κ3) is 4.42. The van der Waals surface area contributed by atoms with Crippen molar-refractivity contribution in [1.82, 2.24) is 4.98 Å². The van der Waals surface area contributed by atoms with Crippen LogP contribution in [0.5, 0.6) is 11.5 Å². The highest BCUT2D eigenvalue weighted by molar-refractivity contribution is 7.22. The summed E-state index contributed by atoms with van der Waals surface area (Å²) >= 11 is 1.38. The lowest BCUT2D eigenvalue weighted by Crippen LogP contribution is -2.31. The third-order valence-electron chi connectivity index (χ3n) is 5.41. The van der Waals surface area contributed by atoms with Gasteiger partial charge in [-0.2, -0.15) is 0 Å². The van der Waals surface area contributed by atoms with Gasteiger partial charge < -0.3 is 9.47 Å². The van der Waals surface area contributed by atoms with Crippen LogP contribution in [0, 0.1) is 24.0 Å². The zero-order valence-corrected chi connectivity index (χ0v) is 20.0. The van der Waals surface area contributed by atoms with Gasteiger partial charge in [0.05, 0.1) is 42.0 Å². The first-order valence-electron chi connectivity index (χ1n) is 10.5. The Hall–Kier alpha value is -3.98. The average Bonchev–Trinajstić information content (AvgIpc) is 3.25. The van der Waals surface area contributed by atoms with Crippen LogP contribution in [0.25, 0.3) is 10.2 Å². The number of methoxy groups -OCH3 is 2. The highest BCUT2D eigenvalue weighted by Crippen LogP contribution is 2.38. The van der Waals surface area contributed by atoms with Gasteiger partial charge >= 0.3 is 0 Å². The molecule has 0 spiro atoms. The molecule has 0 atom stereocenters. The zero-order chi connectivity index (χ0) is 24.4. The van der Waals surface area contributed by atoms with Crippen molar-refractivity contribution in [3.05, 3.63) is 87.0 Å². The van der Waals surface area contributed by atoms with Gasteiger partial charge in [0.1, 0.15) is 5.56 Å². The van der Waals surface area contributed by atoms with Crippen molar-refractivity contribution in [1.29, 1.82) is 0 Å². The fourth-order valence-corrected chi connectivity index (χ4v) is 4.94. The van der Waals surface area contributed by atoms with Gasteiger partial charge in [0.25, 0.3) is 11.6 Å². The van der Waals surface area contributed by atoms with Crippen LogP contribution in [0.1, 0.15) is 27.0 Å². The monoisotopic (exact) mass is 477 g/mol. The Morgan fingerprint density at radius 2 is 1.74 bits per heavy atom. The van der Waals surface area contributed by atoms with E-state index in [0.29, 0.717) is 5.13 Å². The third-order valence-corrected chi connectivity index (χ3v) is 6.43. The van der Waals surface area contributed by atoms with Gasteiger partial charge in [0.15, 0.2) is 16.6 Å². The van der Waals surface area contributed by atoms with Crippen molar-refractivity contribution in [3.8, 4) is 11.5 Å². The Balaban J connectivity index is 1.88. The minimum absolute atomic E-state index is 0.106. The lowest BCUT2D eigenvalue weighted by Gasteiger charge is -2.21. The molecule has 0 radical (unpaired) electrons. The standard InChI is InChI=1S/C25H23N3O5S/c1-15-10-16(2)23-22(11-15)34-25(26-23)27(14-17-8-6-5-7-9-17)24(29)18-12-20(32-3)21(33-4)13-19(18)28(30)31/h5-13H,14H2,1-4H3. The quantitative estimate of drug-likeness (QED) is 0.251. The summed E-state index contributed by atoms with van der Waals surface area (Å²) in [7, 11) is 2.80. The van der Waals surface area contributed by atoms with E-state index in [-0.39, 0.29) is 29.3 Å². The Labute approximate surface area is 200 Å². The number of amides is 1. The predicted octanol–water partition coefficient (Wildman–Crippen LogP) is 5.69. The number of ether oxygens (including phenoxy) is 2. The molecule has 4 rings (SSSR count). The van der Waals surface area contributed by atoms with E-state index in [0.717, 1.165) is 26.9 Å². The molecule has 1 aromatic heterocycles. The highest BCUT2D eigenvalue weighted by Gasteiger charge is 2.30. The number of thiazole rings is 1. The minimum Gasteiger partial charge on any atom is -0.493 e. The molecule has 0 saturated heterocycles. The van der Waals surface area contributed by atoms with Gasteiger partial charge in [-0.3, -0.25) is 19.8 Å². The summed E-state index contributed by atoms with van der Waals surface area (Å²) in [5.74, 6) is -0.150. The van der Waals surface area contributed by atoms with Gasteiger partial charge in [-0.1, -0.05) is 47.7 Å². The summed E-state index contributed by atoms with van der Waals surface area (Å²) in [6.45, 7) is 4.18. The summed E-state index contributed by atoms with van der Waals surface area (Å²) in [6.07, 6.45) is 0. The van der Waals surface area contributed by atoms with Gasteiger partial charge in [0.2, 0.25) is 0 Å². The van der Waals surface area contributed by atoms with Gasteiger partial charge in [0, 0.05) is 6.07 Å². The van der Waals surface area contributed by atoms with Crippen molar-refractivity contribution in [2.75, 3.05) is 19.1 Å². The number of benzene rings is 3. The molecule has 8 nitrogen and oxygen atoms in total. The van der Waals surface area contributed by atoms with E-state index >= 15 is 0 Å². The molecule has 0 N–H and O–H groups in total. The Bertz CT molecular complexity index is 1380. The SMILES string of the molecule is COc1cc(C(=O)N(Cc2ccccc2)c2nc3c(C)cc(C)cc3s2)c([N+](=O)[O-])cc1OC. The maximum Gasteiger partial charge on any atom is 0.286 e.